The summed E-state index contributed by atoms with van der Waals surface area (Å²) < 4.78 is 65.8. The van der Waals surface area contributed by atoms with Crippen LogP contribution in [0.2, 0.25) is 0 Å². The smallest absolute Gasteiger partial charge is 0.416 e. The van der Waals surface area contributed by atoms with Crippen molar-refractivity contribution in [3.8, 4) is 5.75 Å². The molecule has 0 fully saturated rings. The van der Waals surface area contributed by atoms with Crippen molar-refractivity contribution in [3.05, 3.63) is 59.7 Å². The maximum Gasteiger partial charge on any atom is 0.416 e. The summed E-state index contributed by atoms with van der Waals surface area (Å²) in [5, 5.41) is 6.09. The quantitative estimate of drug-likeness (QED) is 0.547. The molecule has 0 unspecified atom stereocenters. The summed E-state index contributed by atoms with van der Waals surface area (Å²) in [7, 11) is 0. The molecule has 26 heavy (non-hydrogen) atoms. The molecule has 0 aliphatic carbocycles. The highest BCUT2D eigenvalue weighted by Gasteiger charge is 2.29. The number of thiocarbonyl (C=S) groups is 1. The van der Waals surface area contributed by atoms with E-state index < -0.39 is 18.4 Å². The Morgan fingerprint density at radius 3 is 2.15 bits per heavy atom. The third-order valence-electron chi connectivity index (χ3n) is 3.32. The molecule has 0 spiro atoms. The molecular weight excluding hydrogens is 375 g/mol. The fraction of sp³-hybridized carbons (Fsp3) is 0.235. The van der Waals surface area contributed by atoms with Crippen molar-refractivity contribution >= 4 is 23.0 Å². The fourth-order valence-electron chi connectivity index (χ4n) is 2.08. The van der Waals surface area contributed by atoms with Gasteiger partial charge in [0.2, 0.25) is 0 Å². The summed E-state index contributed by atoms with van der Waals surface area (Å²) in [6.07, 6.45) is -3.86. The first-order valence-corrected chi connectivity index (χ1v) is 7.91. The lowest BCUT2D eigenvalue weighted by atomic mass is 10.1. The minimum absolute atomic E-state index is 0.0340. The van der Waals surface area contributed by atoms with Crippen LogP contribution in [0.4, 0.5) is 27.6 Å². The standard InChI is InChI=1S/C17H15F5N2OS/c18-15(19)25-14-7-5-13(6-8-14)24-16(26)23-10-9-11-1-3-12(4-2-11)17(20,21)22/h1-8,15H,9-10H2,(H2,23,24,26). The molecule has 2 rings (SSSR count). The van der Waals surface area contributed by atoms with Gasteiger partial charge in [-0.25, -0.2) is 0 Å². The van der Waals surface area contributed by atoms with Gasteiger partial charge in [-0.3, -0.25) is 0 Å². The van der Waals surface area contributed by atoms with Gasteiger partial charge in [-0.15, -0.1) is 0 Å². The van der Waals surface area contributed by atoms with Crippen molar-refractivity contribution < 1.29 is 26.7 Å². The maximum atomic E-state index is 12.5. The van der Waals surface area contributed by atoms with Gasteiger partial charge in [-0.05, 0) is 60.6 Å². The Labute approximate surface area is 152 Å². The van der Waals surface area contributed by atoms with Gasteiger partial charge >= 0.3 is 12.8 Å². The predicted molar refractivity (Wildman–Crippen MR) is 92.4 cm³/mol. The molecule has 3 nitrogen and oxygen atoms in total. The Kier molecular flexibility index (Phi) is 6.73. The van der Waals surface area contributed by atoms with E-state index in [9.17, 15) is 22.0 Å². The SMILES string of the molecule is FC(F)Oc1ccc(NC(=S)NCCc2ccc(C(F)(F)F)cc2)cc1. The van der Waals surface area contributed by atoms with Crippen molar-refractivity contribution in [1.82, 2.24) is 5.32 Å². The second-order valence-electron chi connectivity index (χ2n) is 5.23. The molecule has 0 radical (unpaired) electrons. The van der Waals surface area contributed by atoms with E-state index in [4.69, 9.17) is 12.2 Å². The van der Waals surface area contributed by atoms with Crippen molar-refractivity contribution in [3.63, 3.8) is 0 Å². The number of benzene rings is 2. The monoisotopic (exact) mass is 390 g/mol. The van der Waals surface area contributed by atoms with Crippen LogP contribution in [0.15, 0.2) is 48.5 Å². The fourth-order valence-corrected chi connectivity index (χ4v) is 2.30. The van der Waals surface area contributed by atoms with Crippen LogP contribution in [0.1, 0.15) is 11.1 Å². The van der Waals surface area contributed by atoms with Crippen LogP contribution < -0.4 is 15.4 Å². The van der Waals surface area contributed by atoms with Crippen molar-refractivity contribution in [2.75, 3.05) is 11.9 Å². The van der Waals surface area contributed by atoms with Gasteiger partial charge in [-0.2, -0.15) is 22.0 Å². The van der Waals surface area contributed by atoms with Gasteiger partial charge in [0, 0.05) is 12.2 Å². The molecule has 2 aromatic rings. The summed E-state index contributed by atoms with van der Waals surface area (Å²) >= 11 is 5.10. The highest BCUT2D eigenvalue weighted by molar-refractivity contribution is 7.80. The molecular formula is C17H15F5N2OS. The number of hydrogen-bond acceptors (Lipinski definition) is 2. The molecule has 140 valence electrons. The molecule has 0 saturated heterocycles. The van der Waals surface area contributed by atoms with Gasteiger partial charge in [0.05, 0.1) is 5.56 Å². The van der Waals surface area contributed by atoms with Gasteiger partial charge in [-0.1, -0.05) is 12.1 Å². The summed E-state index contributed by atoms with van der Waals surface area (Å²) in [5.74, 6) is 0.0340. The zero-order valence-corrected chi connectivity index (χ0v) is 14.1. The van der Waals surface area contributed by atoms with Crippen LogP contribution in [0.5, 0.6) is 5.75 Å². The second-order valence-corrected chi connectivity index (χ2v) is 5.64. The molecule has 0 aliphatic heterocycles. The number of nitrogens with one attached hydrogen (secondary N) is 2. The first kappa shape index (κ1) is 19.9. The Morgan fingerprint density at radius 1 is 1.00 bits per heavy atom. The van der Waals surface area contributed by atoms with Crippen LogP contribution >= 0.6 is 12.2 Å². The molecule has 9 heteroatoms. The molecule has 0 saturated carbocycles. The van der Waals surface area contributed by atoms with E-state index >= 15 is 0 Å². The molecule has 0 amide bonds. The third-order valence-corrected chi connectivity index (χ3v) is 3.56. The largest absolute Gasteiger partial charge is 0.435 e. The van der Waals surface area contributed by atoms with Gasteiger partial charge in [0.25, 0.3) is 0 Å². The Bertz CT molecular complexity index is 717. The Hall–Kier alpha value is -2.42. The average molecular weight is 390 g/mol. The van der Waals surface area contributed by atoms with E-state index in [1.54, 1.807) is 0 Å². The van der Waals surface area contributed by atoms with Crippen LogP contribution in [-0.4, -0.2) is 18.3 Å². The van der Waals surface area contributed by atoms with Crippen molar-refractivity contribution in [2.24, 2.45) is 0 Å². The molecule has 2 N–H and O–H groups in total. The maximum absolute atomic E-state index is 12.5. The van der Waals surface area contributed by atoms with Crippen molar-refractivity contribution in [2.45, 2.75) is 19.2 Å². The normalized spacial score (nSPS) is 11.3. The van der Waals surface area contributed by atoms with Gasteiger partial charge < -0.3 is 15.4 Å². The minimum atomic E-state index is -4.35. The molecule has 0 aliphatic rings. The number of halogens is 5. The Morgan fingerprint density at radius 2 is 1.62 bits per heavy atom. The van der Waals surface area contributed by atoms with E-state index in [1.165, 1.54) is 36.4 Å². The van der Waals surface area contributed by atoms with E-state index in [2.05, 4.69) is 15.4 Å². The Balaban J connectivity index is 1.76. The van der Waals surface area contributed by atoms with Gasteiger partial charge in [0.15, 0.2) is 5.11 Å². The van der Waals surface area contributed by atoms with E-state index in [0.29, 0.717) is 23.8 Å². The van der Waals surface area contributed by atoms with E-state index in [-0.39, 0.29) is 5.75 Å². The summed E-state index contributed by atoms with van der Waals surface area (Å²) in [5.41, 5.74) is 0.631. The highest BCUT2D eigenvalue weighted by Crippen LogP contribution is 2.29. The van der Waals surface area contributed by atoms with Crippen molar-refractivity contribution in [1.29, 1.82) is 0 Å². The lowest BCUT2D eigenvalue weighted by Crippen LogP contribution is -2.30. The average Bonchev–Trinajstić information content (AvgIpc) is 2.56. The first-order chi connectivity index (χ1) is 12.2. The van der Waals surface area contributed by atoms with E-state index in [0.717, 1.165) is 17.7 Å². The molecule has 0 atom stereocenters. The number of ether oxygens (including phenoxy) is 1. The van der Waals surface area contributed by atoms with Crippen LogP contribution in [0.25, 0.3) is 0 Å². The van der Waals surface area contributed by atoms with Crippen LogP contribution in [0, 0.1) is 0 Å². The van der Waals surface area contributed by atoms with E-state index in [1.807, 2.05) is 0 Å². The first-order valence-electron chi connectivity index (χ1n) is 7.50. The third kappa shape index (κ3) is 6.47. The van der Waals surface area contributed by atoms with Gasteiger partial charge in [0.1, 0.15) is 5.75 Å². The lowest BCUT2D eigenvalue weighted by molar-refractivity contribution is -0.137. The number of hydrogen-bond donors (Lipinski definition) is 2. The highest BCUT2D eigenvalue weighted by atomic mass is 32.1. The number of rotatable bonds is 6. The minimum Gasteiger partial charge on any atom is -0.435 e. The lowest BCUT2D eigenvalue weighted by Gasteiger charge is -2.12. The molecule has 2 aromatic carbocycles. The molecule has 0 bridgehead atoms. The summed E-state index contributed by atoms with van der Waals surface area (Å²) in [4.78, 5) is 0. The zero-order valence-electron chi connectivity index (χ0n) is 13.3. The zero-order chi connectivity index (χ0) is 19.2. The number of anilines is 1. The number of alkyl halides is 5. The summed E-state index contributed by atoms with van der Waals surface area (Å²) in [6, 6.07) is 10.7. The second kappa shape index (κ2) is 8.79. The van der Waals surface area contributed by atoms with Crippen LogP contribution in [0.3, 0.4) is 0 Å². The summed E-state index contributed by atoms with van der Waals surface area (Å²) in [6.45, 7) is -2.47. The molecule has 0 aromatic heterocycles. The van der Waals surface area contributed by atoms with Crippen LogP contribution in [-0.2, 0) is 12.6 Å². The topological polar surface area (TPSA) is 33.3 Å². The predicted octanol–water partition coefficient (Wildman–Crippen LogP) is 4.84. The molecule has 0 heterocycles.